The van der Waals surface area contributed by atoms with Crippen LogP contribution in [0.4, 0.5) is 0 Å². The summed E-state index contributed by atoms with van der Waals surface area (Å²) < 4.78 is 0. The molecule has 3 saturated carbocycles. The van der Waals surface area contributed by atoms with Crippen molar-refractivity contribution in [3.05, 3.63) is 11.6 Å². The number of hydrogen-bond donors (Lipinski definition) is 0. The van der Waals surface area contributed by atoms with Crippen LogP contribution in [0, 0.1) is 46.3 Å². The highest BCUT2D eigenvalue weighted by molar-refractivity contribution is 5.24. The average Bonchev–Trinajstić information content (AvgIpc) is 3.11. The van der Waals surface area contributed by atoms with Gasteiger partial charge in [0.05, 0.1) is 0 Å². The SMILES string of the molecule is C.CC.CC.CC(C)CCCC[C@H]1CCC2C3CC=C4C[C@@H](C)CC[C@]4(C)C3CC[C@@]21C. The van der Waals surface area contributed by atoms with Crippen LogP contribution in [0.25, 0.3) is 0 Å². The highest BCUT2D eigenvalue weighted by Crippen LogP contribution is 2.67. The number of hydrogen-bond acceptors (Lipinski definition) is 0. The molecular formula is C32H62. The molecule has 0 saturated heterocycles. The summed E-state index contributed by atoms with van der Waals surface area (Å²) in [7, 11) is 0. The van der Waals surface area contributed by atoms with Crippen molar-refractivity contribution in [2.75, 3.05) is 0 Å². The van der Waals surface area contributed by atoms with Gasteiger partial charge in [-0.3, -0.25) is 0 Å². The maximum absolute atomic E-state index is 2.75. The number of fused-ring (bicyclic) bond motifs is 5. The molecule has 0 heteroatoms. The van der Waals surface area contributed by atoms with Gasteiger partial charge in [-0.2, -0.15) is 0 Å². The van der Waals surface area contributed by atoms with Crippen molar-refractivity contribution >= 4 is 0 Å². The third-order valence-electron chi connectivity index (χ3n) is 10.1. The quantitative estimate of drug-likeness (QED) is 0.291. The van der Waals surface area contributed by atoms with Gasteiger partial charge in [0, 0.05) is 0 Å². The molecule has 0 N–H and O–H groups in total. The number of allylic oxidation sites excluding steroid dienone is 2. The van der Waals surface area contributed by atoms with E-state index in [4.69, 9.17) is 0 Å². The topological polar surface area (TPSA) is 0 Å². The maximum Gasteiger partial charge on any atom is -0.00851 e. The smallest absolute Gasteiger partial charge is 0.00851 e. The summed E-state index contributed by atoms with van der Waals surface area (Å²) in [4.78, 5) is 0. The van der Waals surface area contributed by atoms with E-state index in [0.29, 0.717) is 10.8 Å². The lowest BCUT2D eigenvalue weighted by Crippen LogP contribution is -2.49. The van der Waals surface area contributed by atoms with E-state index in [9.17, 15) is 0 Å². The molecule has 4 aliphatic carbocycles. The summed E-state index contributed by atoms with van der Waals surface area (Å²) in [5.41, 5.74) is 3.10. The normalized spacial score (nSPS) is 39.7. The maximum atomic E-state index is 2.75. The van der Waals surface area contributed by atoms with E-state index >= 15 is 0 Å². The fraction of sp³-hybridized carbons (Fsp3) is 0.938. The van der Waals surface area contributed by atoms with E-state index in [1.54, 1.807) is 6.42 Å². The summed E-state index contributed by atoms with van der Waals surface area (Å²) in [6.45, 7) is 20.6. The van der Waals surface area contributed by atoms with Crippen LogP contribution in [0.2, 0.25) is 0 Å². The Morgan fingerprint density at radius 2 is 1.59 bits per heavy atom. The van der Waals surface area contributed by atoms with Crippen molar-refractivity contribution in [1.82, 2.24) is 0 Å². The Morgan fingerprint density at radius 1 is 0.906 bits per heavy atom. The fourth-order valence-corrected chi connectivity index (χ4v) is 8.37. The summed E-state index contributed by atoms with van der Waals surface area (Å²) >= 11 is 0. The van der Waals surface area contributed by atoms with Gasteiger partial charge in [-0.15, -0.1) is 0 Å². The molecule has 190 valence electrons. The van der Waals surface area contributed by atoms with Crippen molar-refractivity contribution < 1.29 is 0 Å². The van der Waals surface area contributed by atoms with Crippen molar-refractivity contribution in [3.8, 4) is 0 Å². The monoisotopic (exact) mass is 446 g/mol. The molecule has 0 nitrogen and oxygen atoms in total. The molecule has 4 aliphatic rings. The molecule has 0 bridgehead atoms. The molecule has 0 amide bonds. The molecular weight excluding hydrogens is 384 g/mol. The molecule has 3 fully saturated rings. The molecule has 0 radical (unpaired) electrons. The van der Waals surface area contributed by atoms with E-state index in [1.165, 1.54) is 70.6 Å². The number of unbranched alkanes of at least 4 members (excludes halogenated alkanes) is 1. The predicted octanol–water partition coefficient (Wildman–Crippen LogP) is 11.1. The summed E-state index contributed by atoms with van der Waals surface area (Å²) in [5.74, 6) is 5.88. The predicted molar refractivity (Wildman–Crippen MR) is 147 cm³/mol. The van der Waals surface area contributed by atoms with Crippen LogP contribution < -0.4 is 0 Å². The van der Waals surface area contributed by atoms with Crippen LogP contribution >= 0.6 is 0 Å². The van der Waals surface area contributed by atoms with Gasteiger partial charge in [0.15, 0.2) is 0 Å². The third-order valence-corrected chi connectivity index (χ3v) is 10.1. The second kappa shape index (κ2) is 13.0. The lowest BCUT2D eigenvalue weighted by molar-refractivity contribution is -0.0450. The van der Waals surface area contributed by atoms with Crippen LogP contribution in [-0.4, -0.2) is 0 Å². The minimum Gasteiger partial charge on any atom is -0.0845 e. The highest BCUT2D eigenvalue weighted by atomic mass is 14.6. The molecule has 0 heterocycles. The van der Waals surface area contributed by atoms with Crippen LogP contribution in [-0.2, 0) is 0 Å². The minimum absolute atomic E-state index is 0. The zero-order valence-corrected chi connectivity index (χ0v) is 23.0. The molecule has 4 rings (SSSR count). The second-order valence-electron chi connectivity index (χ2n) is 12.1. The highest BCUT2D eigenvalue weighted by Gasteiger charge is 2.58. The molecule has 0 aromatic carbocycles. The van der Waals surface area contributed by atoms with Gasteiger partial charge in [-0.1, -0.05) is 101 Å². The average molecular weight is 447 g/mol. The summed E-state index contributed by atoms with van der Waals surface area (Å²) in [6, 6.07) is 0. The molecule has 0 aromatic heterocycles. The summed E-state index contributed by atoms with van der Waals surface area (Å²) in [5, 5.41) is 0. The standard InChI is InChI=1S/C27H46.2C2H6.CH4/c1-19(2)8-6-7-9-21-11-13-24-23-12-10-22-18-20(3)14-16-27(22,5)25(23)15-17-26(21,24)4;2*1-2;/h10,19-21,23-25H,6-9,11-18H2,1-5H3;2*1-2H3;1H4/t20-,21-,23?,24?,25?,26+,27-;;;/m0.../s1. The Balaban J connectivity index is 0.000000971. The van der Waals surface area contributed by atoms with Crippen LogP contribution in [0.15, 0.2) is 11.6 Å². The largest absolute Gasteiger partial charge is 0.0845 e. The van der Waals surface area contributed by atoms with E-state index < -0.39 is 0 Å². The van der Waals surface area contributed by atoms with Crippen molar-refractivity contribution in [2.45, 2.75) is 147 Å². The van der Waals surface area contributed by atoms with Crippen LogP contribution in [0.5, 0.6) is 0 Å². The van der Waals surface area contributed by atoms with E-state index in [2.05, 4.69) is 40.7 Å². The molecule has 7 atom stereocenters. The fourth-order valence-electron chi connectivity index (χ4n) is 8.37. The minimum atomic E-state index is 0. The Kier molecular flexibility index (Phi) is 12.1. The van der Waals surface area contributed by atoms with Crippen molar-refractivity contribution in [2.24, 2.45) is 46.3 Å². The van der Waals surface area contributed by atoms with Crippen molar-refractivity contribution in [1.29, 1.82) is 0 Å². The van der Waals surface area contributed by atoms with E-state index in [-0.39, 0.29) is 7.43 Å². The van der Waals surface area contributed by atoms with Crippen molar-refractivity contribution in [3.63, 3.8) is 0 Å². The van der Waals surface area contributed by atoms with Gasteiger partial charge in [-0.05, 0) is 104 Å². The Bertz CT molecular complexity index is 556. The zero-order chi connectivity index (χ0) is 23.2. The molecule has 0 aromatic rings. The molecule has 0 aliphatic heterocycles. The molecule has 0 spiro atoms. The lowest BCUT2D eigenvalue weighted by atomic mass is 9.47. The van der Waals surface area contributed by atoms with Gasteiger partial charge in [-0.25, -0.2) is 0 Å². The van der Waals surface area contributed by atoms with Gasteiger partial charge < -0.3 is 0 Å². The first-order chi connectivity index (χ1) is 14.8. The first kappa shape index (κ1) is 29.8. The first-order valence-corrected chi connectivity index (χ1v) is 14.5. The molecule has 32 heavy (non-hydrogen) atoms. The first-order valence-electron chi connectivity index (χ1n) is 14.5. The zero-order valence-electron chi connectivity index (χ0n) is 23.0. The lowest BCUT2D eigenvalue weighted by Gasteiger charge is -2.58. The molecule has 3 unspecified atom stereocenters. The van der Waals surface area contributed by atoms with E-state index in [0.717, 1.165) is 35.5 Å². The van der Waals surface area contributed by atoms with Crippen LogP contribution in [0.1, 0.15) is 147 Å². The Labute approximate surface area is 204 Å². The third kappa shape index (κ3) is 5.86. The Morgan fingerprint density at radius 3 is 2.25 bits per heavy atom. The second-order valence-corrected chi connectivity index (χ2v) is 12.1. The van der Waals surface area contributed by atoms with Gasteiger partial charge in [0.1, 0.15) is 0 Å². The van der Waals surface area contributed by atoms with Gasteiger partial charge in [0.25, 0.3) is 0 Å². The summed E-state index contributed by atoms with van der Waals surface area (Å²) in [6.07, 6.45) is 20.6. The van der Waals surface area contributed by atoms with E-state index in [1.807, 2.05) is 33.3 Å². The van der Waals surface area contributed by atoms with Gasteiger partial charge in [0.2, 0.25) is 0 Å². The number of rotatable bonds is 5. The van der Waals surface area contributed by atoms with Crippen LogP contribution in [0.3, 0.4) is 0 Å². The van der Waals surface area contributed by atoms with Gasteiger partial charge >= 0.3 is 0 Å². The Hall–Kier alpha value is -0.260.